The molecule has 0 bridgehead atoms. The van der Waals surface area contributed by atoms with Gasteiger partial charge < -0.3 is 10.2 Å². The highest BCUT2D eigenvalue weighted by Gasteiger charge is 2.31. The van der Waals surface area contributed by atoms with E-state index in [4.69, 9.17) is 0 Å². The van der Waals surface area contributed by atoms with E-state index < -0.39 is 0 Å². The molecule has 1 saturated heterocycles. The van der Waals surface area contributed by atoms with E-state index in [-0.39, 0.29) is 17.7 Å². The Morgan fingerprint density at radius 3 is 2.78 bits per heavy atom. The predicted molar refractivity (Wildman–Crippen MR) is 92.5 cm³/mol. The Hall–Kier alpha value is -1.36. The molecule has 4 nitrogen and oxygen atoms in total. The van der Waals surface area contributed by atoms with Gasteiger partial charge in [-0.3, -0.25) is 9.59 Å². The summed E-state index contributed by atoms with van der Waals surface area (Å²) in [4.78, 5) is 27.7. The van der Waals surface area contributed by atoms with Crippen molar-refractivity contribution < 1.29 is 9.59 Å². The van der Waals surface area contributed by atoms with Crippen molar-refractivity contribution in [3.05, 3.63) is 22.4 Å². The summed E-state index contributed by atoms with van der Waals surface area (Å²) in [5.74, 6) is 0.734. The second-order valence-corrected chi connectivity index (χ2v) is 7.89. The lowest BCUT2D eigenvalue weighted by molar-refractivity contribution is -0.127. The lowest BCUT2D eigenvalue weighted by Crippen LogP contribution is -2.49. The Labute approximate surface area is 142 Å². The highest BCUT2D eigenvalue weighted by molar-refractivity contribution is 7.12. The molecular formula is C18H26N2O2S. The molecule has 1 saturated carbocycles. The fourth-order valence-corrected chi connectivity index (χ4v) is 4.45. The topological polar surface area (TPSA) is 49.4 Å². The normalized spacial score (nSPS) is 28.4. The zero-order chi connectivity index (χ0) is 16.2. The first kappa shape index (κ1) is 16.5. The first-order valence-electron chi connectivity index (χ1n) is 8.78. The van der Waals surface area contributed by atoms with Crippen molar-refractivity contribution in [1.29, 1.82) is 0 Å². The molecule has 126 valence electrons. The molecule has 2 heterocycles. The number of carbonyl (C=O) groups excluding carboxylic acids is 2. The summed E-state index contributed by atoms with van der Waals surface area (Å²) < 4.78 is 0. The average molecular weight is 334 g/mol. The summed E-state index contributed by atoms with van der Waals surface area (Å²) in [6, 6.07) is 4.08. The van der Waals surface area contributed by atoms with Crippen molar-refractivity contribution in [2.75, 3.05) is 13.1 Å². The fraction of sp³-hybridized carbons (Fsp3) is 0.667. The van der Waals surface area contributed by atoms with Crippen LogP contribution in [-0.2, 0) is 4.79 Å². The van der Waals surface area contributed by atoms with Gasteiger partial charge in [-0.25, -0.2) is 0 Å². The molecule has 3 rings (SSSR count). The number of rotatable bonds is 3. The van der Waals surface area contributed by atoms with Crippen LogP contribution in [0.15, 0.2) is 17.5 Å². The van der Waals surface area contributed by atoms with Gasteiger partial charge in [0.2, 0.25) is 5.91 Å². The maximum absolute atomic E-state index is 12.6. The van der Waals surface area contributed by atoms with Crippen molar-refractivity contribution >= 4 is 23.2 Å². The Morgan fingerprint density at radius 2 is 2.04 bits per heavy atom. The van der Waals surface area contributed by atoms with E-state index in [9.17, 15) is 9.59 Å². The molecule has 0 radical (unpaired) electrons. The van der Waals surface area contributed by atoms with E-state index in [1.54, 1.807) is 0 Å². The van der Waals surface area contributed by atoms with Crippen LogP contribution < -0.4 is 5.32 Å². The summed E-state index contributed by atoms with van der Waals surface area (Å²) in [6.07, 6.45) is 6.59. The van der Waals surface area contributed by atoms with Crippen LogP contribution in [0.5, 0.6) is 0 Å². The lowest BCUT2D eigenvalue weighted by Gasteiger charge is -2.35. The Kier molecular flexibility index (Phi) is 5.36. The SMILES string of the molecule is C[C@@H]1CCCC[C@H]1NC(=O)[C@H]1CCCN(C(=O)c2cccs2)C1. The molecule has 0 unspecified atom stereocenters. The van der Waals surface area contributed by atoms with Crippen molar-refractivity contribution in [2.24, 2.45) is 11.8 Å². The van der Waals surface area contributed by atoms with Crippen LogP contribution in [0, 0.1) is 11.8 Å². The second-order valence-electron chi connectivity index (χ2n) is 6.94. The van der Waals surface area contributed by atoms with Gasteiger partial charge in [0.05, 0.1) is 10.8 Å². The minimum atomic E-state index is -0.0539. The molecule has 5 heteroatoms. The van der Waals surface area contributed by atoms with Crippen molar-refractivity contribution in [3.63, 3.8) is 0 Å². The van der Waals surface area contributed by atoms with Crippen LogP contribution in [0.3, 0.4) is 0 Å². The Morgan fingerprint density at radius 1 is 1.22 bits per heavy atom. The molecule has 2 amide bonds. The number of likely N-dealkylation sites (tertiary alicyclic amines) is 1. The molecule has 0 spiro atoms. The number of piperidine rings is 1. The molecular weight excluding hydrogens is 308 g/mol. The van der Waals surface area contributed by atoms with E-state index in [0.717, 1.165) is 30.7 Å². The molecule has 1 aliphatic heterocycles. The smallest absolute Gasteiger partial charge is 0.263 e. The third-order valence-electron chi connectivity index (χ3n) is 5.25. The van der Waals surface area contributed by atoms with Gasteiger partial charge in [0.15, 0.2) is 0 Å². The average Bonchev–Trinajstić information content (AvgIpc) is 3.11. The monoisotopic (exact) mass is 334 g/mol. The first-order chi connectivity index (χ1) is 11.1. The van der Waals surface area contributed by atoms with Gasteiger partial charge in [-0.15, -0.1) is 11.3 Å². The highest BCUT2D eigenvalue weighted by atomic mass is 32.1. The van der Waals surface area contributed by atoms with Gasteiger partial charge in [0.1, 0.15) is 0 Å². The number of carbonyl (C=O) groups is 2. The Balaban J connectivity index is 1.57. The zero-order valence-electron chi connectivity index (χ0n) is 13.8. The maximum Gasteiger partial charge on any atom is 0.263 e. The first-order valence-corrected chi connectivity index (χ1v) is 9.66. The summed E-state index contributed by atoms with van der Waals surface area (Å²) >= 11 is 1.47. The summed E-state index contributed by atoms with van der Waals surface area (Å²) in [6.45, 7) is 3.56. The summed E-state index contributed by atoms with van der Waals surface area (Å²) in [7, 11) is 0. The van der Waals surface area contributed by atoms with Crippen LogP contribution in [0.1, 0.15) is 55.1 Å². The number of amides is 2. The largest absolute Gasteiger partial charge is 0.353 e. The van der Waals surface area contributed by atoms with E-state index in [0.29, 0.717) is 18.5 Å². The van der Waals surface area contributed by atoms with E-state index >= 15 is 0 Å². The molecule has 3 atom stereocenters. The minimum absolute atomic E-state index is 0.0539. The summed E-state index contributed by atoms with van der Waals surface area (Å²) in [5, 5.41) is 5.18. The van der Waals surface area contributed by atoms with Crippen molar-refractivity contribution in [3.8, 4) is 0 Å². The summed E-state index contributed by atoms with van der Waals surface area (Å²) in [5.41, 5.74) is 0. The number of hydrogen-bond donors (Lipinski definition) is 1. The molecule has 2 aliphatic rings. The van der Waals surface area contributed by atoms with Crippen LogP contribution in [0.2, 0.25) is 0 Å². The van der Waals surface area contributed by atoms with Crippen LogP contribution >= 0.6 is 11.3 Å². The molecule has 1 N–H and O–H groups in total. The minimum Gasteiger partial charge on any atom is -0.353 e. The third-order valence-corrected chi connectivity index (χ3v) is 6.11. The quantitative estimate of drug-likeness (QED) is 0.922. The van der Waals surface area contributed by atoms with Gasteiger partial charge in [-0.2, -0.15) is 0 Å². The molecule has 23 heavy (non-hydrogen) atoms. The Bertz CT molecular complexity index is 543. The number of hydrogen-bond acceptors (Lipinski definition) is 3. The van der Waals surface area contributed by atoms with Gasteiger partial charge in [0.25, 0.3) is 5.91 Å². The van der Waals surface area contributed by atoms with E-state index in [1.807, 2.05) is 22.4 Å². The van der Waals surface area contributed by atoms with E-state index in [1.165, 1.54) is 30.6 Å². The molecule has 1 aromatic rings. The van der Waals surface area contributed by atoms with Crippen molar-refractivity contribution in [2.45, 2.75) is 51.5 Å². The van der Waals surface area contributed by atoms with Crippen LogP contribution in [-0.4, -0.2) is 35.8 Å². The molecule has 1 aromatic heterocycles. The lowest BCUT2D eigenvalue weighted by atomic mass is 9.85. The van der Waals surface area contributed by atoms with E-state index in [2.05, 4.69) is 12.2 Å². The molecule has 1 aliphatic carbocycles. The van der Waals surface area contributed by atoms with Gasteiger partial charge in [-0.1, -0.05) is 25.8 Å². The standard InChI is InChI=1S/C18H26N2O2S/c1-13-6-2-3-8-15(13)19-17(21)14-7-4-10-20(12-14)18(22)16-9-5-11-23-16/h5,9,11,13-15H,2-4,6-8,10,12H2,1H3,(H,19,21)/t13-,14+,15-/m1/s1. The fourth-order valence-electron chi connectivity index (χ4n) is 3.76. The van der Waals surface area contributed by atoms with Crippen LogP contribution in [0.4, 0.5) is 0 Å². The third kappa shape index (κ3) is 3.94. The zero-order valence-corrected chi connectivity index (χ0v) is 14.6. The predicted octanol–water partition coefficient (Wildman–Crippen LogP) is 3.30. The number of thiophene rings is 1. The molecule has 2 fully saturated rings. The van der Waals surface area contributed by atoms with Crippen molar-refractivity contribution in [1.82, 2.24) is 10.2 Å². The number of nitrogens with one attached hydrogen (secondary N) is 1. The second kappa shape index (κ2) is 7.47. The highest BCUT2D eigenvalue weighted by Crippen LogP contribution is 2.25. The maximum atomic E-state index is 12.6. The van der Waals surface area contributed by atoms with Crippen LogP contribution in [0.25, 0.3) is 0 Å². The van der Waals surface area contributed by atoms with Gasteiger partial charge in [0, 0.05) is 19.1 Å². The van der Waals surface area contributed by atoms with Gasteiger partial charge >= 0.3 is 0 Å². The van der Waals surface area contributed by atoms with Gasteiger partial charge in [-0.05, 0) is 43.0 Å². The molecule has 0 aromatic carbocycles. The number of nitrogens with zero attached hydrogens (tertiary/aromatic N) is 1.